The van der Waals surface area contributed by atoms with Gasteiger partial charge in [0.05, 0.1) is 12.2 Å². The predicted octanol–water partition coefficient (Wildman–Crippen LogP) is 4.44. The Morgan fingerprint density at radius 2 is 1.65 bits per heavy atom. The minimum Gasteiger partial charge on any atom is -0.372 e. The van der Waals surface area contributed by atoms with Crippen molar-refractivity contribution < 1.29 is 9.53 Å². The molecule has 7 heteroatoms. The van der Waals surface area contributed by atoms with Crippen LogP contribution >= 0.6 is 11.8 Å². The summed E-state index contributed by atoms with van der Waals surface area (Å²) in [5, 5.41) is 9.77. The van der Waals surface area contributed by atoms with Gasteiger partial charge in [-0.1, -0.05) is 60.3 Å². The van der Waals surface area contributed by atoms with Gasteiger partial charge in [-0.15, -0.1) is 10.2 Å². The molecule has 1 aromatic heterocycles. The number of nitrogens with zero attached hydrogens (tertiary/aromatic N) is 4. The quantitative estimate of drug-likeness (QED) is 0.405. The Balaban J connectivity index is 1.42. The van der Waals surface area contributed by atoms with Crippen molar-refractivity contribution in [3.8, 4) is 17.1 Å². The summed E-state index contributed by atoms with van der Waals surface area (Å²) in [7, 11) is 0. The molecule has 1 fully saturated rings. The fraction of sp³-hybridized carbons (Fsp3) is 0.375. The summed E-state index contributed by atoms with van der Waals surface area (Å²) in [6.45, 7) is 5.40. The van der Waals surface area contributed by atoms with Crippen molar-refractivity contribution in [2.45, 2.75) is 44.1 Å². The van der Waals surface area contributed by atoms with E-state index in [-0.39, 0.29) is 18.1 Å². The van der Waals surface area contributed by atoms with Gasteiger partial charge in [0.1, 0.15) is 0 Å². The normalized spacial score (nSPS) is 18.8. The maximum absolute atomic E-state index is 12.6. The zero-order chi connectivity index (χ0) is 21.6. The highest BCUT2D eigenvalue weighted by Gasteiger charge is 2.25. The standard InChI is InChI=1S/C24H28N4O2S/c1-18-16-27(17-19(2)30-18)22(29)14-9-15-31-24-26-25-23(20-10-5-3-6-11-20)28(24)21-12-7-4-8-13-21/h3-8,10-13,18-19H,9,14-17H2,1-2H3. The van der Waals surface area contributed by atoms with Crippen molar-refractivity contribution in [3.05, 3.63) is 60.7 Å². The van der Waals surface area contributed by atoms with Crippen LogP contribution in [-0.4, -0.2) is 56.6 Å². The molecule has 0 radical (unpaired) electrons. The predicted molar refractivity (Wildman–Crippen MR) is 123 cm³/mol. The Morgan fingerprint density at radius 3 is 2.32 bits per heavy atom. The number of carbonyl (C=O) groups is 1. The first kappa shape index (κ1) is 21.6. The van der Waals surface area contributed by atoms with E-state index in [1.54, 1.807) is 11.8 Å². The van der Waals surface area contributed by atoms with Crippen molar-refractivity contribution in [2.24, 2.45) is 0 Å². The number of benzene rings is 2. The summed E-state index contributed by atoms with van der Waals surface area (Å²) in [5.74, 6) is 1.83. The van der Waals surface area contributed by atoms with Gasteiger partial charge in [0.15, 0.2) is 11.0 Å². The number of thioether (sulfide) groups is 1. The molecule has 0 saturated carbocycles. The molecule has 2 aromatic carbocycles. The average molecular weight is 437 g/mol. The van der Waals surface area contributed by atoms with Crippen molar-refractivity contribution in [3.63, 3.8) is 0 Å². The highest BCUT2D eigenvalue weighted by molar-refractivity contribution is 7.99. The minimum atomic E-state index is 0.0999. The number of rotatable bonds is 7. The molecule has 0 bridgehead atoms. The van der Waals surface area contributed by atoms with Crippen LogP contribution in [0, 0.1) is 0 Å². The molecule has 3 aromatic rings. The van der Waals surface area contributed by atoms with Gasteiger partial charge >= 0.3 is 0 Å². The van der Waals surface area contributed by atoms with E-state index in [0.717, 1.165) is 34.4 Å². The Bertz CT molecular complexity index is 983. The Kier molecular flexibility index (Phi) is 7.04. The lowest BCUT2D eigenvalue weighted by Crippen LogP contribution is -2.48. The molecule has 2 unspecified atom stereocenters. The van der Waals surface area contributed by atoms with Crippen LogP contribution < -0.4 is 0 Å². The third kappa shape index (κ3) is 5.35. The van der Waals surface area contributed by atoms with E-state index >= 15 is 0 Å². The first-order chi connectivity index (χ1) is 15.1. The highest BCUT2D eigenvalue weighted by Crippen LogP contribution is 2.28. The summed E-state index contributed by atoms with van der Waals surface area (Å²) in [6, 6.07) is 20.2. The third-order valence-corrected chi connectivity index (χ3v) is 6.23. The van der Waals surface area contributed by atoms with Gasteiger partial charge in [0.25, 0.3) is 0 Å². The van der Waals surface area contributed by atoms with Crippen LogP contribution in [0.2, 0.25) is 0 Å². The second kappa shape index (κ2) is 10.1. The summed E-state index contributed by atoms with van der Waals surface area (Å²) < 4.78 is 7.82. The molecule has 2 atom stereocenters. The van der Waals surface area contributed by atoms with Crippen molar-refractivity contribution in [1.82, 2.24) is 19.7 Å². The molecule has 1 aliphatic rings. The smallest absolute Gasteiger partial charge is 0.222 e. The van der Waals surface area contributed by atoms with Gasteiger partial charge < -0.3 is 9.64 Å². The van der Waals surface area contributed by atoms with Crippen LogP contribution in [-0.2, 0) is 9.53 Å². The number of hydrogen-bond donors (Lipinski definition) is 0. The van der Waals surface area contributed by atoms with Crippen LogP contribution in [0.3, 0.4) is 0 Å². The fourth-order valence-electron chi connectivity index (χ4n) is 3.87. The maximum atomic E-state index is 12.6. The van der Waals surface area contributed by atoms with Crippen molar-refractivity contribution in [2.75, 3.05) is 18.8 Å². The molecule has 6 nitrogen and oxygen atoms in total. The summed E-state index contributed by atoms with van der Waals surface area (Å²) >= 11 is 1.64. The van der Waals surface area contributed by atoms with Gasteiger partial charge in [-0.25, -0.2) is 0 Å². The Labute approximate surface area is 187 Å². The maximum Gasteiger partial charge on any atom is 0.222 e. The van der Waals surface area contributed by atoms with Gasteiger partial charge in [-0.05, 0) is 32.4 Å². The van der Waals surface area contributed by atoms with Gasteiger partial charge in [-0.2, -0.15) is 0 Å². The number of hydrogen-bond acceptors (Lipinski definition) is 5. The molecule has 1 saturated heterocycles. The van der Waals surface area contributed by atoms with Crippen LogP contribution in [0.25, 0.3) is 17.1 Å². The van der Waals surface area contributed by atoms with E-state index in [2.05, 4.69) is 26.9 Å². The Hall–Kier alpha value is -2.64. The molecular weight excluding hydrogens is 408 g/mol. The van der Waals surface area contributed by atoms with Crippen LogP contribution in [0.15, 0.2) is 65.8 Å². The SMILES string of the molecule is CC1CN(C(=O)CCCSc2nnc(-c3ccccc3)n2-c2ccccc2)CC(C)O1. The summed E-state index contributed by atoms with van der Waals surface area (Å²) in [5.41, 5.74) is 2.05. The molecule has 31 heavy (non-hydrogen) atoms. The molecule has 1 aliphatic heterocycles. The topological polar surface area (TPSA) is 60.2 Å². The van der Waals surface area contributed by atoms with Crippen molar-refractivity contribution >= 4 is 17.7 Å². The fourth-order valence-corrected chi connectivity index (χ4v) is 4.76. The molecule has 0 aliphatic carbocycles. The third-order valence-electron chi connectivity index (χ3n) is 5.22. The number of morpholine rings is 1. The molecule has 162 valence electrons. The van der Waals surface area contributed by atoms with Gasteiger partial charge in [-0.3, -0.25) is 9.36 Å². The Morgan fingerprint density at radius 1 is 1.00 bits per heavy atom. The van der Waals surface area contributed by atoms with Gasteiger partial charge in [0.2, 0.25) is 5.91 Å². The lowest BCUT2D eigenvalue weighted by Gasteiger charge is -2.35. The summed E-state index contributed by atoms with van der Waals surface area (Å²) in [6.07, 6.45) is 1.54. The van der Waals surface area contributed by atoms with E-state index < -0.39 is 0 Å². The van der Waals surface area contributed by atoms with Crippen molar-refractivity contribution in [1.29, 1.82) is 0 Å². The number of ether oxygens (including phenoxy) is 1. The number of para-hydroxylation sites is 1. The molecule has 1 amide bonds. The lowest BCUT2D eigenvalue weighted by atomic mass is 10.2. The first-order valence-corrected chi connectivity index (χ1v) is 11.7. The summed E-state index contributed by atoms with van der Waals surface area (Å²) in [4.78, 5) is 14.5. The highest BCUT2D eigenvalue weighted by atomic mass is 32.2. The second-order valence-electron chi connectivity index (χ2n) is 7.85. The molecule has 0 N–H and O–H groups in total. The number of amides is 1. The van der Waals surface area contributed by atoms with E-state index in [0.29, 0.717) is 19.5 Å². The van der Waals surface area contributed by atoms with Crippen LogP contribution in [0.4, 0.5) is 0 Å². The number of aromatic nitrogens is 3. The average Bonchev–Trinajstić information content (AvgIpc) is 3.21. The van der Waals surface area contributed by atoms with E-state index in [1.807, 2.05) is 67.3 Å². The minimum absolute atomic E-state index is 0.0999. The second-order valence-corrected chi connectivity index (χ2v) is 8.91. The van der Waals surface area contributed by atoms with E-state index in [1.165, 1.54) is 0 Å². The molecule has 2 heterocycles. The zero-order valence-electron chi connectivity index (χ0n) is 18.0. The molecule has 4 rings (SSSR count). The van der Waals surface area contributed by atoms with E-state index in [4.69, 9.17) is 4.74 Å². The van der Waals surface area contributed by atoms with E-state index in [9.17, 15) is 4.79 Å². The van der Waals surface area contributed by atoms with Crippen LogP contribution in [0.5, 0.6) is 0 Å². The first-order valence-electron chi connectivity index (χ1n) is 10.7. The van der Waals surface area contributed by atoms with Crippen LogP contribution in [0.1, 0.15) is 26.7 Å². The van der Waals surface area contributed by atoms with Gasteiger partial charge in [0, 0.05) is 36.5 Å². The zero-order valence-corrected chi connectivity index (χ0v) is 18.8. The number of carbonyl (C=O) groups excluding carboxylic acids is 1. The lowest BCUT2D eigenvalue weighted by molar-refractivity contribution is -0.143. The molecule has 0 spiro atoms. The molecular formula is C24H28N4O2S. The monoisotopic (exact) mass is 436 g/mol. The largest absolute Gasteiger partial charge is 0.372 e.